The summed E-state index contributed by atoms with van der Waals surface area (Å²) in [6.07, 6.45) is 9.64. The molecule has 0 aromatic heterocycles. The number of likely N-dealkylation sites (tertiary alicyclic amines) is 1. The summed E-state index contributed by atoms with van der Waals surface area (Å²) >= 11 is 0. The van der Waals surface area contributed by atoms with Gasteiger partial charge >= 0.3 is 0 Å². The van der Waals surface area contributed by atoms with Crippen molar-refractivity contribution in [1.29, 1.82) is 0 Å². The highest BCUT2D eigenvalue weighted by atomic mass is 16.5. The van der Waals surface area contributed by atoms with Crippen molar-refractivity contribution in [3.05, 3.63) is 29.8 Å². The van der Waals surface area contributed by atoms with Crippen molar-refractivity contribution in [3.63, 3.8) is 0 Å². The fraction of sp³-hybridized carbons (Fsp3) is 0.714. The van der Waals surface area contributed by atoms with E-state index >= 15 is 0 Å². The summed E-state index contributed by atoms with van der Waals surface area (Å²) in [6.45, 7) is 8.13. The second kappa shape index (κ2) is 12.7. The van der Waals surface area contributed by atoms with Crippen LogP contribution in [-0.2, 0) is 4.79 Å². The quantitative estimate of drug-likeness (QED) is 0.545. The number of piperazine rings is 1. The Morgan fingerprint density at radius 1 is 1.03 bits per heavy atom. The third-order valence-electron chi connectivity index (χ3n) is 8.29. The molecule has 2 atom stereocenters. The molecule has 2 heterocycles. The van der Waals surface area contributed by atoms with Gasteiger partial charge in [0.25, 0.3) is 5.91 Å². The summed E-state index contributed by atoms with van der Waals surface area (Å²) in [5.41, 5.74) is 0.658. The fourth-order valence-corrected chi connectivity index (χ4v) is 6.18. The second-order valence-electron chi connectivity index (χ2n) is 10.6. The van der Waals surface area contributed by atoms with Crippen LogP contribution in [0.4, 0.5) is 0 Å². The van der Waals surface area contributed by atoms with E-state index < -0.39 is 0 Å². The second-order valence-corrected chi connectivity index (χ2v) is 10.6. The van der Waals surface area contributed by atoms with Gasteiger partial charge in [-0.15, -0.1) is 0 Å². The highest BCUT2D eigenvalue weighted by molar-refractivity contribution is 5.94. The van der Waals surface area contributed by atoms with Crippen LogP contribution in [0.15, 0.2) is 24.3 Å². The van der Waals surface area contributed by atoms with Crippen LogP contribution in [-0.4, -0.2) is 91.5 Å². The first-order chi connectivity index (χ1) is 17.1. The van der Waals surface area contributed by atoms with Crippen LogP contribution in [0.25, 0.3) is 0 Å². The zero-order valence-electron chi connectivity index (χ0n) is 21.7. The van der Waals surface area contributed by atoms with Gasteiger partial charge in [-0.2, -0.15) is 0 Å². The lowest BCUT2D eigenvalue weighted by Crippen LogP contribution is -2.58. The Labute approximate surface area is 211 Å². The first-order valence-corrected chi connectivity index (χ1v) is 13.8. The molecule has 7 nitrogen and oxygen atoms in total. The first kappa shape index (κ1) is 26.0. The van der Waals surface area contributed by atoms with Gasteiger partial charge in [0.05, 0.1) is 13.2 Å². The lowest BCUT2D eigenvalue weighted by atomic mass is 9.95. The molecule has 194 valence electrons. The number of carbonyl (C=O) groups is 2. The SMILES string of the molecule is COc1cccc(C(=O)N2CCN([C@H](C(=O)NCCCN3CCCC[C@@H]3C)C3CCCC3)CC2)c1. The zero-order chi connectivity index (χ0) is 24.6. The molecule has 0 radical (unpaired) electrons. The molecule has 0 unspecified atom stereocenters. The number of carbonyl (C=O) groups excluding carboxylic acids is 2. The van der Waals surface area contributed by atoms with Gasteiger partial charge in [0.15, 0.2) is 0 Å². The van der Waals surface area contributed by atoms with Crippen LogP contribution in [0.2, 0.25) is 0 Å². The maximum absolute atomic E-state index is 13.4. The van der Waals surface area contributed by atoms with E-state index in [0.717, 1.165) is 45.4 Å². The predicted molar refractivity (Wildman–Crippen MR) is 139 cm³/mol. The van der Waals surface area contributed by atoms with E-state index in [4.69, 9.17) is 4.74 Å². The molecule has 1 aliphatic carbocycles. The highest BCUT2D eigenvalue weighted by Gasteiger charge is 2.37. The molecule has 1 aromatic carbocycles. The van der Waals surface area contributed by atoms with Crippen molar-refractivity contribution in [2.45, 2.75) is 70.4 Å². The van der Waals surface area contributed by atoms with Crippen molar-refractivity contribution in [1.82, 2.24) is 20.0 Å². The Balaban J connectivity index is 1.29. The Kier molecular flexibility index (Phi) is 9.44. The van der Waals surface area contributed by atoms with Crippen LogP contribution in [0, 0.1) is 5.92 Å². The third-order valence-corrected chi connectivity index (χ3v) is 8.29. The summed E-state index contributed by atoms with van der Waals surface area (Å²) in [7, 11) is 1.62. The number of benzene rings is 1. The van der Waals surface area contributed by atoms with E-state index in [1.54, 1.807) is 13.2 Å². The van der Waals surface area contributed by atoms with Gasteiger partial charge in [-0.05, 0) is 69.7 Å². The molecule has 1 saturated carbocycles. The first-order valence-electron chi connectivity index (χ1n) is 13.8. The average Bonchev–Trinajstić information content (AvgIpc) is 3.42. The van der Waals surface area contributed by atoms with Gasteiger partial charge in [-0.1, -0.05) is 25.3 Å². The van der Waals surface area contributed by atoms with Crippen LogP contribution in [0.1, 0.15) is 68.6 Å². The Hall–Kier alpha value is -2.12. The monoisotopic (exact) mass is 484 g/mol. The number of nitrogens with zero attached hydrogens (tertiary/aromatic N) is 3. The molecule has 35 heavy (non-hydrogen) atoms. The summed E-state index contributed by atoms with van der Waals surface area (Å²) < 4.78 is 5.28. The van der Waals surface area contributed by atoms with Crippen molar-refractivity contribution >= 4 is 11.8 Å². The fourth-order valence-electron chi connectivity index (χ4n) is 6.18. The van der Waals surface area contributed by atoms with Gasteiger partial charge < -0.3 is 19.9 Å². The lowest BCUT2D eigenvalue weighted by molar-refractivity contribution is -0.129. The maximum Gasteiger partial charge on any atom is 0.254 e. The largest absolute Gasteiger partial charge is 0.497 e. The summed E-state index contributed by atoms with van der Waals surface area (Å²) in [5, 5.41) is 3.28. The van der Waals surface area contributed by atoms with Gasteiger partial charge in [-0.3, -0.25) is 14.5 Å². The molecule has 2 saturated heterocycles. The van der Waals surface area contributed by atoms with Gasteiger partial charge in [0, 0.05) is 50.9 Å². The van der Waals surface area contributed by atoms with E-state index in [1.807, 2.05) is 23.1 Å². The Bertz CT molecular complexity index is 833. The van der Waals surface area contributed by atoms with E-state index in [1.165, 1.54) is 38.6 Å². The molecule has 0 bridgehead atoms. The molecule has 4 rings (SSSR count). The maximum atomic E-state index is 13.4. The molecule has 3 aliphatic rings. The molecule has 1 aromatic rings. The van der Waals surface area contributed by atoms with Crippen LogP contribution >= 0.6 is 0 Å². The third kappa shape index (κ3) is 6.76. The molecule has 1 N–H and O–H groups in total. The summed E-state index contributed by atoms with van der Waals surface area (Å²) in [5.74, 6) is 1.36. The van der Waals surface area contributed by atoms with Crippen LogP contribution in [0.3, 0.4) is 0 Å². The lowest BCUT2D eigenvalue weighted by Gasteiger charge is -2.41. The number of piperidine rings is 1. The number of rotatable bonds is 9. The number of ether oxygens (including phenoxy) is 1. The van der Waals surface area contributed by atoms with E-state index in [0.29, 0.717) is 36.4 Å². The van der Waals surface area contributed by atoms with Crippen LogP contribution in [0.5, 0.6) is 5.75 Å². The number of hydrogen-bond acceptors (Lipinski definition) is 5. The molecule has 2 amide bonds. The predicted octanol–water partition coefficient (Wildman–Crippen LogP) is 3.39. The minimum absolute atomic E-state index is 0.0392. The Morgan fingerprint density at radius 2 is 1.77 bits per heavy atom. The molecular weight excluding hydrogens is 440 g/mol. The van der Waals surface area contributed by atoms with Crippen molar-refractivity contribution < 1.29 is 14.3 Å². The van der Waals surface area contributed by atoms with E-state index in [2.05, 4.69) is 22.0 Å². The zero-order valence-corrected chi connectivity index (χ0v) is 21.7. The van der Waals surface area contributed by atoms with Crippen LogP contribution < -0.4 is 10.1 Å². The van der Waals surface area contributed by atoms with Gasteiger partial charge in [0.2, 0.25) is 5.91 Å². The normalized spacial score (nSPS) is 23.3. The van der Waals surface area contributed by atoms with Crippen molar-refractivity contribution in [2.75, 3.05) is 52.9 Å². The van der Waals surface area contributed by atoms with E-state index in [9.17, 15) is 9.59 Å². The number of amides is 2. The number of methoxy groups -OCH3 is 1. The smallest absolute Gasteiger partial charge is 0.254 e. The molecular formula is C28H44N4O3. The number of nitrogens with one attached hydrogen (secondary N) is 1. The Morgan fingerprint density at radius 3 is 2.49 bits per heavy atom. The molecule has 2 aliphatic heterocycles. The summed E-state index contributed by atoms with van der Waals surface area (Å²) in [4.78, 5) is 33.2. The average molecular weight is 485 g/mol. The summed E-state index contributed by atoms with van der Waals surface area (Å²) in [6, 6.07) is 7.95. The van der Waals surface area contributed by atoms with Crippen molar-refractivity contribution in [2.24, 2.45) is 5.92 Å². The number of hydrogen-bond donors (Lipinski definition) is 1. The topological polar surface area (TPSA) is 65.1 Å². The van der Waals surface area contributed by atoms with E-state index in [-0.39, 0.29) is 17.9 Å². The molecule has 7 heteroatoms. The molecule has 3 fully saturated rings. The molecule has 0 spiro atoms. The minimum atomic E-state index is -0.0690. The van der Waals surface area contributed by atoms with Crippen molar-refractivity contribution in [3.8, 4) is 5.75 Å². The standard InChI is InChI=1S/C28H44N4O3/c1-22-9-5-6-15-30(22)16-8-14-29-27(33)26(23-10-3-4-11-23)31-17-19-32(20-18-31)28(34)24-12-7-13-25(21-24)35-2/h7,12-13,21-23,26H,3-6,8-11,14-20H2,1-2H3,(H,29,33)/t22-,26-/m0/s1. The van der Waals surface area contributed by atoms with Gasteiger partial charge in [-0.25, -0.2) is 0 Å². The van der Waals surface area contributed by atoms with Gasteiger partial charge in [0.1, 0.15) is 5.75 Å². The minimum Gasteiger partial charge on any atom is -0.497 e. The highest BCUT2D eigenvalue weighted by Crippen LogP contribution is 2.31.